The molecule has 2 aromatic rings. The normalized spacial score (nSPS) is 12.1. The Labute approximate surface area is 204 Å². The van der Waals surface area contributed by atoms with Crippen LogP contribution in [-0.2, 0) is 26.2 Å². The first-order valence-electron chi connectivity index (χ1n) is 11.5. The van der Waals surface area contributed by atoms with E-state index >= 15 is 0 Å². The number of anilines is 1. The lowest BCUT2D eigenvalue weighted by molar-refractivity contribution is -0.132. The summed E-state index contributed by atoms with van der Waals surface area (Å²) in [4.78, 5) is 60.4. The van der Waals surface area contributed by atoms with Gasteiger partial charge in [-0.05, 0) is 12.8 Å². The van der Waals surface area contributed by atoms with Gasteiger partial charge in [0.2, 0.25) is 23.6 Å². The average Bonchev–Trinajstić information content (AvgIpc) is 3.20. The number of fused-ring (bicyclic) bond motifs is 1. The Balaban J connectivity index is 1.62. The van der Waals surface area contributed by atoms with Crippen molar-refractivity contribution in [2.24, 2.45) is 24.1 Å². The summed E-state index contributed by atoms with van der Waals surface area (Å²) in [6.45, 7) is 6.01. The van der Waals surface area contributed by atoms with E-state index in [1.54, 1.807) is 24.7 Å². The van der Waals surface area contributed by atoms with Crippen LogP contribution in [0.3, 0.4) is 0 Å². The van der Waals surface area contributed by atoms with Crippen LogP contribution >= 0.6 is 0 Å². The van der Waals surface area contributed by atoms with Crippen molar-refractivity contribution < 1.29 is 19.2 Å². The Bertz CT molecular complexity index is 1050. The molecule has 4 amide bonds. The van der Waals surface area contributed by atoms with E-state index in [0.29, 0.717) is 29.8 Å². The van der Waals surface area contributed by atoms with E-state index in [4.69, 9.17) is 5.73 Å². The number of primary amides is 1. The minimum absolute atomic E-state index is 0.0270. The van der Waals surface area contributed by atoms with Crippen LogP contribution in [0, 0.1) is 11.3 Å². The number of rotatable bonds is 14. The van der Waals surface area contributed by atoms with Crippen molar-refractivity contribution in [2.45, 2.75) is 40.0 Å². The van der Waals surface area contributed by atoms with Crippen molar-refractivity contribution in [3.05, 3.63) is 12.7 Å². The first-order valence-corrected chi connectivity index (χ1v) is 11.5. The largest absolute Gasteiger partial charge is 0.369 e. The Morgan fingerprint density at radius 3 is 2.40 bits per heavy atom. The minimum atomic E-state index is -0.758. The number of hydrogen-bond donors (Lipinski definition) is 5. The number of aryl methyl sites for hydroxylation is 1. The van der Waals surface area contributed by atoms with Crippen LogP contribution in [0.2, 0.25) is 0 Å². The lowest BCUT2D eigenvalue weighted by Gasteiger charge is -2.26. The molecule has 35 heavy (non-hydrogen) atoms. The number of carbonyl (C=O) groups excluding carboxylic acids is 4. The first kappa shape index (κ1) is 27.5. The van der Waals surface area contributed by atoms with Gasteiger partial charge in [-0.2, -0.15) is 0 Å². The molecular weight excluding hydrogens is 454 g/mol. The second kappa shape index (κ2) is 12.6. The molecule has 6 N–H and O–H groups in total. The lowest BCUT2D eigenvalue weighted by Crippen LogP contribution is -2.43. The number of nitrogens with two attached hydrogens (primary N) is 1. The standard InChI is InChI=1S/C22H35N9O4/c1-5-14(18(23)34)10-22(2,3)21(35)26-9-8-25-15(32)6-7-24-16(33)11-27-19-17-20(29-12-28-19)31(4)13-30-17/h12-14H,5-11H2,1-4H3,(H2,23,34)(H,24,33)(H,25,32)(H,26,35)(H,27,28,29). The molecule has 0 saturated heterocycles. The Morgan fingerprint density at radius 1 is 1.03 bits per heavy atom. The van der Waals surface area contributed by atoms with Gasteiger partial charge in [0.25, 0.3) is 0 Å². The number of carbonyl (C=O) groups is 4. The van der Waals surface area contributed by atoms with Crippen LogP contribution in [0.5, 0.6) is 0 Å². The highest BCUT2D eigenvalue weighted by Crippen LogP contribution is 2.27. The minimum Gasteiger partial charge on any atom is -0.369 e. The smallest absolute Gasteiger partial charge is 0.239 e. The van der Waals surface area contributed by atoms with Gasteiger partial charge in [-0.3, -0.25) is 19.2 Å². The highest BCUT2D eigenvalue weighted by Gasteiger charge is 2.32. The van der Waals surface area contributed by atoms with Crippen molar-refractivity contribution in [1.29, 1.82) is 0 Å². The first-order chi connectivity index (χ1) is 16.5. The third kappa shape index (κ3) is 8.19. The molecule has 13 heteroatoms. The number of amides is 4. The molecule has 0 aliphatic rings. The molecule has 0 fully saturated rings. The average molecular weight is 490 g/mol. The Kier molecular flexibility index (Phi) is 9.91. The molecule has 0 aliphatic heterocycles. The van der Waals surface area contributed by atoms with E-state index in [1.165, 1.54) is 6.33 Å². The van der Waals surface area contributed by atoms with Crippen molar-refractivity contribution in [2.75, 3.05) is 31.5 Å². The second-order valence-corrected chi connectivity index (χ2v) is 8.90. The van der Waals surface area contributed by atoms with Gasteiger partial charge in [0.15, 0.2) is 11.5 Å². The fraction of sp³-hybridized carbons (Fsp3) is 0.591. The summed E-state index contributed by atoms with van der Waals surface area (Å²) in [5.74, 6) is -1.08. The van der Waals surface area contributed by atoms with E-state index in [2.05, 4.69) is 36.2 Å². The summed E-state index contributed by atoms with van der Waals surface area (Å²) in [6.07, 6.45) is 4.03. The molecule has 0 saturated carbocycles. The molecular formula is C22H35N9O4. The molecule has 1 atom stereocenters. The second-order valence-electron chi connectivity index (χ2n) is 8.90. The summed E-state index contributed by atoms with van der Waals surface area (Å²) in [7, 11) is 1.81. The van der Waals surface area contributed by atoms with Crippen LogP contribution in [-0.4, -0.2) is 69.3 Å². The summed E-state index contributed by atoms with van der Waals surface area (Å²) in [5.41, 5.74) is 5.83. The van der Waals surface area contributed by atoms with E-state index in [1.807, 2.05) is 14.0 Å². The van der Waals surface area contributed by atoms with Gasteiger partial charge in [0.1, 0.15) is 11.8 Å². The van der Waals surface area contributed by atoms with E-state index < -0.39 is 11.3 Å². The fourth-order valence-corrected chi connectivity index (χ4v) is 3.48. The van der Waals surface area contributed by atoms with Crippen LogP contribution in [0.1, 0.15) is 40.0 Å². The highest BCUT2D eigenvalue weighted by molar-refractivity contribution is 5.87. The number of aromatic nitrogens is 4. The quantitative estimate of drug-likeness (QED) is 0.218. The lowest BCUT2D eigenvalue weighted by atomic mass is 9.80. The van der Waals surface area contributed by atoms with Gasteiger partial charge >= 0.3 is 0 Å². The molecule has 192 valence electrons. The van der Waals surface area contributed by atoms with E-state index in [9.17, 15) is 19.2 Å². The summed E-state index contributed by atoms with van der Waals surface area (Å²) < 4.78 is 1.75. The third-order valence-corrected chi connectivity index (χ3v) is 5.59. The van der Waals surface area contributed by atoms with E-state index in [0.717, 1.165) is 0 Å². The van der Waals surface area contributed by atoms with Crippen LogP contribution < -0.4 is 27.0 Å². The number of nitrogens with one attached hydrogen (secondary N) is 4. The van der Waals surface area contributed by atoms with Crippen LogP contribution in [0.15, 0.2) is 12.7 Å². The van der Waals surface area contributed by atoms with Gasteiger partial charge in [0.05, 0.1) is 12.9 Å². The zero-order chi connectivity index (χ0) is 26.0. The number of hydrogen-bond acceptors (Lipinski definition) is 8. The molecule has 2 heterocycles. The molecule has 13 nitrogen and oxygen atoms in total. The monoisotopic (exact) mass is 489 g/mol. The molecule has 0 bridgehead atoms. The third-order valence-electron chi connectivity index (χ3n) is 5.59. The molecule has 2 aromatic heterocycles. The van der Waals surface area contributed by atoms with Gasteiger partial charge in [0, 0.05) is 44.4 Å². The Morgan fingerprint density at radius 2 is 1.71 bits per heavy atom. The zero-order valence-corrected chi connectivity index (χ0v) is 20.7. The van der Waals surface area contributed by atoms with Crippen molar-refractivity contribution in [3.63, 3.8) is 0 Å². The highest BCUT2D eigenvalue weighted by atomic mass is 16.2. The molecule has 1 unspecified atom stereocenters. The van der Waals surface area contributed by atoms with E-state index in [-0.39, 0.29) is 56.2 Å². The Hall–Kier alpha value is -3.77. The van der Waals surface area contributed by atoms with Crippen LogP contribution in [0.4, 0.5) is 5.82 Å². The van der Waals surface area contributed by atoms with Crippen molar-refractivity contribution >= 4 is 40.6 Å². The molecule has 2 rings (SSSR count). The molecule has 0 aromatic carbocycles. The van der Waals surface area contributed by atoms with Crippen molar-refractivity contribution in [1.82, 2.24) is 35.5 Å². The maximum absolute atomic E-state index is 12.4. The van der Waals surface area contributed by atoms with Crippen LogP contribution in [0.25, 0.3) is 11.2 Å². The van der Waals surface area contributed by atoms with Gasteiger partial charge < -0.3 is 31.6 Å². The summed E-state index contributed by atoms with van der Waals surface area (Å²) in [5, 5.41) is 11.0. The zero-order valence-electron chi connectivity index (χ0n) is 20.7. The molecule has 0 radical (unpaired) electrons. The maximum atomic E-state index is 12.4. The van der Waals surface area contributed by atoms with Gasteiger partial charge in [-0.15, -0.1) is 0 Å². The number of imidazole rings is 1. The predicted molar refractivity (Wildman–Crippen MR) is 130 cm³/mol. The predicted octanol–water partition coefficient (Wildman–Crippen LogP) is -0.558. The summed E-state index contributed by atoms with van der Waals surface area (Å²) in [6, 6.07) is 0. The fourth-order valence-electron chi connectivity index (χ4n) is 3.48. The topological polar surface area (TPSA) is 186 Å². The molecule has 0 aliphatic carbocycles. The van der Waals surface area contributed by atoms with Crippen molar-refractivity contribution in [3.8, 4) is 0 Å². The maximum Gasteiger partial charge on any atom is 0.239 e. The molecule has 0 spiro atoms. The van der Waals surface area contributed by atoms with Gasteiger partial charge in [-0.25, -0.2) is 15.0 Å². The SMILES string of the molecule is CCC(CC(C)(C)C(=O)NCCNC(=O)CCNC(=O)CNc1ncnc2c1ncn2C)C(N)=O. The number of nitrogens with zero attached hydrogens (tertiary/aromatic N) is 4. The van der Waals surface area contributed by atoms with Gasteiger partial charge in [-0.1, -0.05) is 20.8 Å². The summed E-state index contributed by atoms with van der Waals surface area (Å²) >= 11 is 0.